The standard InChI is InChI=1S/C15H19FN4OS/c1-10(11-4-6-12(16)7-5-11)19-15(21)18-8-2-3-13-9-22-14(17)20-13/h4-7,9-10H,2-3,8H2,1H3,(H2,17,20)(H2,18,19,21)/t10-/m1/s1. The Labute approximate surface area is 132 Å². The number of hydrogen-bond donors (Lipinski definition) is 3. The summed E-state index contributed by atoms with van der Waals surface area (Å²) in [5, 5.41) is 8.09. The summed E-state index contributed by atoms with van der Waals surface area (Å²) >= 11 is 1.42. The second kappa shape index (κ2) is 7.74. The normalized spacial score (nSPS) is 11.9. The molecule has 5 nitrogen and oxygen atoms in total. The Kier molecular flexibility index (Phi) is 5.71. The molecule has 0 aliphatic rings. The van der Waals surface area contributed by atoms with Gasteiger partial charge in [0, 0.05) is 11.9 Å². The van der Waals surface area contributed by atoms with Crippen molar-refractivity contribution in [3.8, 4) is 0 Å². The molecular formula is C15H19FN4OS. The van der Waals surface area contributed by atoms with E-state index in [1.165, 1.54) is 23.5 Å². The highest BCUT2D eigenvalue weighted by molar-refractivity contribution is 7.13. The molecule has 2 aromatic rings. The number of urea groups is 1. The van der Waals surface area contributed by atoms with Crippen molar-refractivity contribution in [2.45, 2.75) is 25.8 Å². The summed E-state index contributed by atoms with van der Waals surface area (Å²) in [4.78, 5) is 15.9. The molecule has 0 aliphatic carbocycles. The Bertz CT molecular complexity index is 614. The number of aryl methyl sites for hydroxylation is 1. The summed E-state index contributed by atoms with van der Waals surface area (Å²) < 4.78 is 12.8. The minimum absolute atomic E-state index is 0.182. The maximum Gasteiger partial charge on any atom is 0.315 e. The first-order valence-electron chi connectivity index (χ1n) is 7.04. The van der Waals surface area contributed by atoms with Gasteiger partial charge in [-0.3, -0.25) is 0 Å². The third kappa shape index (κ3) is 5.00. The lowest BCUT2D eigenvalue weighted by Gasteiger charge is -2.15. The Morgan fingerprint density at radius 3 is 2.77 bits per heavy atom. The maximum atomic E-state index is 12.8. The molecule has 1 aromatic carbocycles. The number of nitrogens with two attached hydrogens (primary N) is 1. The van der Waals surface area contributed by atoms with Gasteiger partial charge in [0.05, 0.1) is 11.7 Å². The minimum Gasteiger partial charge on any atom is -0.375 e. The number of hydrogen-bond acceptors (Lipinski definition) is 4. The van der Waals surface area contributed by atoms with Crippen LogP contribution in [0.1, 0.15) is 30.6 Å². The van der Waals surface area contributed by atoms with Gasteiger partial charge < -0.3 is 16.4 Å². The number of carbonyl (C=O) groups is 1. The van der Waals surface area contributed by atoms with Gasteiger partial charge in [-0.05, 0) is 37.5 Å². The van der Waals surface area contributed by atoms with Crippen molar-refractivity contribution >= 4 is 22.5 Å². The van der Waals surface area contributed by atoms with Gasteiger partial charge in [-0.15, -0.1) is 11.3 Å². The molecule has 2 amide bonds. The third-order valence-electron chi connectivity index (χ3n) is 3.18. The SMILES string of the molecule is C[C@@H](NC(=O)NCCCc1csc(N)n1)c1ccc(F)cc1. The smallest absolute Gasteiger partial charge is 0.315 e. The fourth-order valence-electron chi connectivity index (χ4n) is 1.99. The summed E-state index contributed by atoms with van der Waals surface area (Å²) in [6.45, 7) is 2.41. The number of rotatable bonds is 6. The van der Waals surface area contributed by atoms with Gasteiger partial charge in [-0.1, -0.05) is 12.1 Å². The van der Waals surface area contributed by atoms with Gasteiger partial charge >= 0.3 is 6.03 Å². The van der Waals surface area contributed by atoms with Gasteiger partial charge in [0.1, 0.15) is 5.82 Å². The molecule has 0 saturated carbocycles. The second-order valence-electron chi connectivity index (χ2n) is 4.95. The van der Waals surface area contributed by atoms with Gasteiger partial charge in [-0.25, -0.2) is 14.2 Å². The Morgan fingerprint density at radius 1 is 1.41 bits per heavy atom. The molecule has 0 radical (unpaired) electrons. The largest absolute Gasteiger partial charge is 0.375 e. The number of thiazole rings is 1. The number of carbonyl (C=O) groups excluding carboxylic acids is 1. The summed E-state index contributed by atoms with van der Waals surface area (Å²) in [5.74, 6) is -0.289. The first kappa shape index (κ1) is 16.2. The molecule has 0 saturated heterocycles. The zero-order valence-corrected chi connectivity index (χ0v) is 13.1. The van der Waals surface area contributed by atoms with Crippen LogP contribution in [-0.2, 0) is 6.42 Å². The number of nitrogen functional groups attached to an aromatic ring is 1. The van der Waals surface area contributed by atoms with Crippen LogP contribution in [0.25, 0.3) is 0 Å². The van der Waals surface area contributed by atoms with E-state index in [0.29, 0.717) is 11.7 Å². The fourth-order valence-corrected chi connectivity index (χ4v) is 2.59. The lowest BCUT2D eigenvalue weighted by Crippen LogP contribution is -2.37. The van der Waals surface area contributed by atoms with Gasteiger partial charge in [-0.2, -0.15) is 0 Å². The summed E-state index contributed by atoms with van der Waals surface area (Å²) in [7, 11) is 0. The molecule has 118 valence electrons. The molecule has 0 unspecified atom stereocenters. The molecule has 1 atom stereocenters. The van der Waals surface area contributed by atoms with E-state index in [-0.39, 0.29) is 17.9 Å². The quantitative estimate of drug-likeness (QED) is 0.715. The van der Waals surface area contributed by atoms with E-state index in [4.69, 9.17) is 5.73 Å². The lowest BCUT2D eigenvalue weighted by atomic mass is 10.1. The molecule has 1 aromatic heterocycles. The van der Waals surface area contributed by atoms with Gasteiger partial charge in [0.2, 0.25) is 0 Å². The number of nitrogens with one attached hydrogen (secondary N) is 2. The van der Waals surface area contributed by atoms with E-state index in [1.807, 2.05) is 12.3 Å². The Hall–Kier alpha value is -2.15. The van der Waals surface area contributed by atoms with Crippen molar-refractivity contribution in [1.82, 2.24) is 15.6 Å². The van der Waals surface area contributed by atoms with Crippen LogP contribution in [0.15, 0.2) is 29.6 Å². The van der Waals surface area contributed by atoms with Gasteiger partial charge in [0.25, 0.3) is 0 Å². The van der Waals surface area contributed by atoms with E-state index in [9.17, 15) is 9.18 Å². The number of aromatic nitrogens is 1. The van der Waals surface area contributed by atoms with E-state index >= 15 is 0 Å². The topological polar surface area (TPSA) is 80.0 Å². The molecule has 0 spiro atoms. The molecule has 1 heterocycles. The summed E-state index contributed by atoms with van der Waals surface area (Å²) in [6.07, 6.45) is 1.57. The Balaban J connectivity index is 1.68. The highest BCUT2D eigenvalue weighted by Gasteiger charge is 2.09. The van der Waals surface area contributed by atoms with Crippen LogP contribution in [0.3, 0.4) is 0 Å². The number of anilines is 1. The zero-order valence-electron chi connectivity index (χ0n) is 12.3. The first-order chi connectivity index (χ1) is 10.5. The van der Waals surface area contributed by atoms with Crippen molar-refractivity contribution < 1.29 is 9.18 Å². The van der Waals surface area contributed by atoms with Crippen molar-refractivity contribution in [2.24, 2.45) is 0 Å². The highest BCUT2D eigenvalue weighted by Crippen LogP contribution is 2.13. The zero-order chi connectivity index (χ0) is 15.9. The summed E-state index contributed by atoms with van der Waals surface area (Å²) in [5.41, 5.74) is 7.36. The van der Waals surface area contributed by atoms with E-state index < -0.39 is 0 Å². The molecule has 2 rings (SSSR count). The first-order valence-corrected chi connectivity index (χ1v) is 7.92. The van der Waals surface area contributed by atoms with Crippen LogP contribution >= 0.6 is 11.3 Å². The second-order valence-corrected chi connectivity index (χ2v) is 5.84. The van der Waals surface area contributed by atoms with Crippen molar-refractivity contribution in [3.63, 3.8) is 0 Å². The number of benzene rings is 1. The predicted octanol–water partition coefficient (Wildman–Crippen LogP) is 2.86. The number of halogens is 1. The highest BCUT2D eigenvalue weighted by atomic mass is 32.1. The number of amides is 2. The maximum absolute atomic E-state index is 12.8. The van der Waals surface area contributed by atoms with Crippen molar-refractivity contribution in [3.05, 3.63) is 46.7 Å². The van der Waals surface area contributed by atoms with Crippen LogP contribution in [0.2, 0.25) is 0 Å². The Morgan fingerprint density at radius 2 is 2.14 bits per heavy atom. The van der Waals surface area contributed by atoms with E-state index in [2.05, 4.69) is 15.6 Å². The average molecular weight is 322 g/mol. The van der Waals surface area contributed by atoms with Crippen LogP contribution in [-0.4, -0.2) is 17.6 Å². The average Bonchev–Trinajstić information content (AvgIpc) is 2.90. The van der Waals surface area contributed by atoms with Gasteiger partial charge in [0.15, 0.2) is 5.13 Å². The van der Waals surface area contributed by atoms with E-state index in [0.717, 1.165) is 24.1 Å². The minimum atomic E-state index is -0.289. The van der Waals surface area contributed by atoms with Crippen LogP contribution in [0.5, 0.6) is 0 Å². The van der Waals surface area contributed by atoms with Crippen molar-refractivity contribution in [1.29, 1.82) is 0 Å². The molecule has 0 fully saturated rings. The summed E-state index contributed by atoms with van der Waals surface area (Å²) in [6, 6.07) is 5.66. The monoisotopic (exact) mass is 322 g/mol. The molecule has 0 bridgehead atoms. The van der Waals surface area contributed by atoms with E-state index in [1.54, 1.807) is 12.1 Å². The molecule has 22 heavy (non-hydrogen) atoms. The fraction of sp³-hybridized carbons (Fsp3) is 0.333. The van der Waals surface area contributed by atoms with Crippen LogP contribution < -0.4 is 16.4 Å². The third-order valence-corrected chi connectivity index (χ3v) is 3.91. The lowest BCUT2D eigenvalue weighted by molar-refractivity contribution is 0.238. The van der Waals surface area contributed by atoms with Crippen LogP contribution in [0, 0.1) is 5.82 Å². The van der Waals surface area contributed by atoms with Crippen molar-refractivity contribution in [2.75, 3.05) is 12.3 Å². The predicted molar refractivity (Wildman–Crippen MR) is 86.2 cm³/mol. The number of nitrogens with zero attached hydrogens (tertiary/aromatic N) is 1. The van der Waals surface area contributed by atoms with Crippen LogP contribution in [0.4, 0.5) is 14.3 Å². The molecule has 4 N–H and O–H groups in total. The molecule has 0 aliphatic heterocycles. The molecular weight excluding hydrogens is 303 g/mol. The molecule has 7 heteroatoms.